The van der Waals surface area contributed by atoms with Crippen LogP contribution in [0.25, 0.3) is 10.2 Å². The van der Waals surface area contributed by atoms with Gasteiger partial charge in [0.25, 0.3) is 11.6 Å². The fraction of sp³-hybridized carbons (Fsp3) is 0.263. The third-order valence-electron chi connectivity index (χ3n) is 3.95. The molecule has 0 aliphatic heterocycles. The second-order valence-corrected chi connectivity index (χ2v) is 7.54. The molecule has 0 saturated heterocycles. The van der Waals surface area contributed by atoms with E-state index in [1.165, 1.54) is 23.5 Å². The maximum Gasteiger partial charge on any atom is 0.272 e. The lowest BCUT2D eigenvalue weighted by Crippen LogP contribution is -2.34. The minimum Gasteiger partial charge on any atom is -0.284 e. The fourth-order valence-corrected chi connectivity index (χ4v) is 3.71. The van der Waals surface area contributed by atoms with Gasteiger partial charge in [-0.15, -0.1) is 0 Å². The van der Waals surface area contributed by atoms with Crippen LogP contribution in [-0.2, 0) is 0 Å². The molecular formula is C19H19N3O3S. The van der Waals surface area contributed by atoms with Crippen molar-refractivity contribution < 1.29 is 9.72 Å². The first-order valence-electron chi connectivity index (χ1n) is 8.29. The predicted octanol–water partition coefficient (Wildman–Crippen LogP) is 4.82. The van der Waals surface area contributed by atoms with Crippen molar-refractivity contribution in [3.63, 3.8) is 0 Å². The van der Waals surface area contributed by atoms with Gasteiger partial charge in [0.05, 0.1) is 15.1 Å². The third kappa shape index (κ3) is 3.57. The number of rotatable bonds is 5. The van der Waals surface area contributed by atoms with Gasteiger partial charge in [-0.2, -0.15) is 0 Å². The van der Waals surface area contributed by atoms with Crippen molar-refractivity contribution >= 4 is 38.3 Å². The summed E-state index contributed by atoms with van der Waals surface area (Å²) in [5.41, 5.74) is 1.76. The highest BCUT2D eigenvalue weighted by Gasteiger charge is 2.23. The van der Waals surface area contributed by atoms with Gasteiger partial charge in [0.15, 0.2) is 5.13 Å². The van der Waals surface area contributed by atoms with Gasteiger partial charge in [-0.3, -0.25) is 19.8 Å². The van der Waals surface area contributed by atoms with E-state index in [1.54, 1.807) is 17.9 Å². The summed E-state index contributed by atoms with van der Waals surface area (Å²) in [4.78, 5) is 29.9. The molecule has 0 aliphatic carbocycles. The van der Waals surface area contributed by atoms with Crippen LogP contribution in [0.4, 0.5) is 10.8 Å². The molecule has 1 amide bonds. The number of benzene rings is 2. The SMILES string of the molecule is Cc1cc(C(=O)N(CC(C)C)c2nc3ccccc3s2)ccc1[N+](=O)[O-]. The lowest BCUT2D eigenvalue weighted by molar-refractivity contribution is -0.385. The Morgan fingerprint density at radius 3 is 2.62 bits per heavy atom. The zero-order valence-electron chi connectivity index (χ0n) is 14.8. The topological polar surface area (TPSA) is 76.3 Å². The minimum atomic E-state index is -0.441. The second kappa shape index (κ2) is 7.21. The van der Waals surface area contributed by atoms with Gasteiger partial charge in [-0.05, 0) is 37.1 Å². The number of aryl methyl sites for hydroxylation is 1. The molecule has 2 aromatic carbocycles. The highest BCUT2D eigenvalue weighted by atomic mass is 32.1. The molecule has 0 unspecified atom stereocenters. The van der Waals surface area contributed by atoms with Crippen molar-refractivity contribution in [2.45, 2.75) is 20.8 Å². The summed E-state index contributed by atoms with van der Waals surface area (Å²) < 4.78 is 1.02. The highest BCUT2D eigenvalue weighted by molar-refractivity contribution is 7.22. The number of anilines is 1. The van der Waals surface area contributed by atoms with Gasteiger partial charge in [0.1, 0.15) is 0 Å². The first-order chi connectivity index (χ1) is 12.4. The Bertz CT molecular complexity index is 948. The number of amides is 1. The lowest BCUT2D eigenvalue weighted by atomic mass is 10.1. The van der Waals surface area contributed by atoms with Crippen LogP contribution >= 0.6 is 11.3 Å². The van der Waals surface area contributed by atoms with Crippen molar-refractivity contribution in [2.24, 2.45) is 5.92 Å². The summed E-state index contributed by atoms with van der Waals surface area (Å²) in [6, 6.07) is 12.2. The Morgan fingerprint density at radius 2 is 2.00 bits per heavy atom. The van der Waals surface area contributed by atoms with Crippen LogP contribution in [-0.4, -0.2) is 22.4 Å². The molecule has 0 spiro atoms. The quantitative estimate of drug-likeness (QED) is 0.477. The van der Waals surface area contributed by atoms with Crippen molar-refractivity contribution in [3.05, 3.63) is 63.7 Å². The molecule has 3 rings (SSSR count). The Morgan fingerprint density at radius 1 is 1.27 bits per heavy atom. The van der Waals surface area contributed by atoms with E-state index in [1.807, 2.05) is 38.1 Å². The number of carbonyl (C=O) groups excluding carboxylic acids is 1. The van der Waals surface area contributed by atoms with Crippen LogP contribution < -0.4 is 4.90 Å². The number of para-hydroxylation sites is 1. The van der Waals surface area contributed by atoms with E-state index in [0.29, 0.717) is 22.8 Å². The Labute approximate surface area is 155 Å². The first kappa shape index (κ1) is 18.0. The van der Waals surface area contributed by atoms with Gasteiger partial charge >= 0.3 is 0 Å². The van der Waals surface area contributed by atoms with Gasteiger partial charge in [0, 0.05) is 23.7 Å². The summed E-state index contributed by atoms with van der Waals surface area (Å²) >= 11 is 1.47. The summed E-state index contributed by atoms with van der Waals surface area (Å²) in [6.45, 7) is 6.23. The minimum absolute atomic E-state index is 0.0111. The second-order valence-electron chi connectivity index (χ2n) is 6.53. The van der Waals surface area contributed by atoms with E-state index < -0.39 is 4.92 Å². The van der Waals surface area contributed by atoms with E-state index >= 15 is 0 Å². The Hall–Kier alpha value is -2.80. The number of nitro groups is 1. The van der Waals surface area contributed by atoms with Crippen molar-refractivity contribution in [1.82, 2.24) is 4.98 Å². The average molecular weight is 369 g/mol. The molecule has 0 fully saturated rings. The molecule has 0 saturated carbocycles. The van der Waals surface area contributed by atoms with Gasteiger partial charge in [0.2, 0.25) is 0 Å². The van der Waals surface area contributed by atoms with Crippen LogP contribution in [0.5, 0.6) is 0 Å². The number of thiazole rings is 1. The van der Waals surface area contributed by atoms with Gasteiger partial charge < -0.3 is 0 Å². The van der Waals surface area contributed by atoms with Crippen LogP contribution in [0, 0.1) is 23.0 Å². The molecular weight excluding hydrogens is 350 g/mol. The van der Waals surface area contributed by atoms with Crippen LogP contribution in [0.15, 0.2) is 42.5 Å². The number of hydrogen-bond acceptors (Lipinski definition) is 5. The van der Waals surface area contributed by atoms with Crippen LogP contribution in [0.3, 0.4) is 0 Å². The fourth-order valence-electron chi connectivity index (χ4n) is 2.74. The largest absolute Gasteiger partial charge is 0.284 e. The molecule has 3 aromatic rings. The monoisotopic (exact) mass is 369 g/mol. The standard InChI is InChI=1S/C19H19N3O3S/c1-12(2)11-21(19-20-15-6-4-5-7-17(15)26-19)18(23)14-8-9-16(22(24)25)13(3)10-14/h4-10,12H,11H2,1-3H3. The van der Waals surface area contributed by atoms with E-state index in [0.717, 1.165) is 10.2 Å². The van der Waals surface area contributed by atoms with Crippen molar-refractivity contribution in [1.29, 1.82) is 0 Å². The highest BCUT2D eigenvalue weighted by Crippen LogP contribution is 2.30. The Kier molecular flexibility index (Phi) is 4.99. The number of hydrogen-bond donors (Lipinski definition) is 0. The third-order valence-corrected chi connectivity index (χ3v) is 5.01. The number of nitro benzene ring substituents is 1. The van der Waals surface area contributed by atoms with Crippen molar-refractivity contribution in [3.8, 4) is 0 Å². The maximum absolute atomic E-state index is 13.1. The molecule has 0 N–H and O–H groups in total. The normalized spacial score (nSPS) is 11.1. The first-order valence-corrected chi connectivity index (χ1v) is 9.11. The zero-order valence-corrected chi connectivity index (χ0v) is 15.6. The lowest BCUT2D eigenvalue weighted by Gasteiger charge is -2.22. The van der Waals surface area contributed by atoms with E-state index in [4.69, 9.17) is 0 Å². The molecule has 0 bridgehead atoms. The van der Waals surface area contributed by atoms with Crippen LogP contribution in [0.2, 0.25) is 0 Å². The van der Waals surface area contributed by atoms with Gasteiger partial charge in [-0.25, -0.2) is 4.98 Å². The zero-order chi connectivity index (χ0) is 18.8. The molecule has 26 heavy (non-hydrogen) atoms. The van der Waals surface area contributed by atoms with Crippen molar-refractivity contribution in [2.75, 3.05) is 11.4 Å². The van der Waals surface area contributed by atoms with Crippen LogP contribution in [0.1, 0.15) is 29.8 Å². The molecule has 1 aromatic heterocycles. The molecule has 0 aliphatic rings. The van der Waals surface area contributed by atoms with Gasteiger partial charge in [-0.1, -0.05) is 37.3 Å². The molecule has 7 heteroatoms. The molecule has 0 atom stereocenters. The summed E-state index contributed by atoms with van der Waals surface area (Å²) in [5.74, 6) is 0.0564. The Balaban J connectivity index is 2.00. The summed E-state index contributed by atoms with van der Waals surface area (Å²) in [7, 11) is 0. The van der Waals surface area contributed by atoms with E-state index in [-0.39, 0.29) is 17.5 Å². The maximum atomic E-state index is 13.1. The summed E-state index contributed by atoms with van der Waals surface area (Å²) in [5, 5.41) is 11.6. The molecule has 1 heterocycles. The molecule has 0 radical (unpaired) electrons. The number of carbonyl (C=O) groups is 1. The van der Waals surface area contributed by atoms with E-state index in [2.05, 4.69) is 4.98 Å². The number of fused-ring (bicyclic) bond motifs is 1. The number of nitrogens with zero attached hydrogens (tertiary/aromatic N) is 3. The number of aromatic nitrogens is 1. The molecule has 6 nitrogen and oxygen atoms in total. The summed E-state index contributed by atoms with van der Waals surface area (Å²) in [6.07, 6.45) is 0. The average Bonchev–Trinajstić information content (AvgIpc) is 3.02. The predicted molar refractivity (Wildman–Crippen MR) is 104 cm³/mol. The molecule has 134 valence electrons. The smallest absolute Gasteiger partial charge is 0.272 e. The van der Waals surface area contributed by atoms with E-state index in [9.17, 15) is 14.9 Å².